The smallest absolute Gasteiger partial charge is 0.169 e. The van der Waals surface area contributed by atoms with Crippen LogP contribution in [0.1, 0.15) is 5.56 Å². The van der Waals surface area contributed by atoms with Crippen molar-refractivity contribution in [3.05, 3.63) is 35.6 Å². The largest absolute Gasteiger partial charge is 0.355 e. The van der Waals surface area contributed by atoms with Gasteiger partial charge in [-0.3, -0.25) is 0 Å². The lowest BCUT2D eigenvalue weighted by molar-refractivity contribution is -0.0989. The number of hydrogen-bond acceptors (Lipinski definition) is 3. The number of nitrogens with one attached hydrogen (secondary N) is 1. The lowest BCUT2D eigenvalue weighted by Crippen LogP contribution is -2.29. The monoisotopic (exact) mass is 213 g/mol. The maximum absolute atomic E-state index is 13.2. The second kappa shape index (κ2) is 6.50. The number of methoxy groups -OCH3 is 2. The highest BCUT2D eigenvalue weighted by Crippen LogP contribution is 2.05. The van der Waals surface area contributed by atoms with Crippen molar-refractivity contribution in [2.24, 2.45) is 0 Å². The highest BCUT2D eigenvalue weighted by molar-refractivity contribution is 5.16. The summed E-state index contributed by atoms with van der Waals surface area (Å²) in [4.78, 5) is 0. The predicted octanol–water partition coefficient (Wildman–Crippen LogP) is 1.53. The average molecular weight is 213 g/mol. The average Bonchev–Trinajstić information content (AvgIpc) is 2.27. The minimum atomic E-state index is -0.295. The van der Waals surface area contributed by atoms with Crippen molar-refractivity contribution in [1.29, 1.82) is 0 Å². The van der Waals surface area contributed by atoms with E-state index in [-0.39, 0.29) is 12.1 Å². The van der Waals surface area contributed by atoms with Gasteiger partial charge in [-0.05, 0) is 6.07 Å². The zero-order valence-corrected chi connectivity index (χ0v) is 9.00. The van der Waals surface area contributed by atoms with Crippen molar-refractivity contribution in [2.45, 2.75) is 12.8 Å². The maximum atomic E-state index is 13.2. The van der Waals surface area contributed by atoms with Gasteiger partial charge >= 0.3 is 0 Å². The molecule has 0 aliphatic carbocycles. The van der Waals surface area contributed by atoms with Gasteiger partial charge in [-0.1, -0.05) is 18.2 Å². The molecule has 0 radical (unpaired) electrons. The van der Waals surface area contributed by atoms with E-state index in [1.54, 1.807) is 26.4 Å². The molecule has 1 rings (SSSR count). The SMILES string of the molecule is COC(CNCc1ccccc1F)OC. The third-order valence-electron chi connectivity index (χ3n) is 2.11. The van der Waals surface area contributed by atoms with Crippen LogP contribution in [-0.2, 0) is 16.0 Å². The molecule has 4 heteroatoms. The fourth-order valence-corrected chi connectivity index (χ4v) is 1.23. The van der Waals surface area contributed by atoms with Crippen LogP contribution in [-0.4, -0.2) is 27.1 Å². The molecular weight excluding hydrogens is 197 g/mol. The van der Waals surface area contributed by atoms with E-state index in [1.807, 2.05) is 6.07 Å². The van der Waals surface area contributed by atoms with Crippen LogP contribution in [0.5, 0.6) is 0 Å². The van der Waals surface area contributed by atoms with Crippen LogP contribution < -0.4 is 5.32 Å². The van der Waals surface area contributed by atoms with E-state index >= 15 is 0 Å². The number of ether oxygens (including phenoxy) is 2. The Labute approximate surface area is 89.2 Å². The summed E-state index contributed by atoms with van der Waals surface area (Å²) < 4.78 is 23.2. The van der Waals surface area contributed by atoms with E-state index in [1.165, 1.54) is 6.07 Å². The molecule has 15 heavy (non-hydrogen) atoms. The standard InChI is InChI=1S/C11H16FNO2/c1-14-11(15-2)8-13-7-9-5-3-4-6-10(9)12/h3-6,11,13H,7-8H2,1-2H3. The first-order chi connectivity index (χ1) is 7.27. The Morgan fingerprint density at radius 2 is 1.93 bits per heavy atom. The van der Waals surface area contributed by atoms with Crippen LogP contribution in [0.25, 0.3) is 0 Å². The van der Waals surface area contributed by atoms with Crippen LogP contribution in [0.4, 0.5) is 4.39 Å². The highest BCUT2D eigenvalue weighted by Gasteiger charge is 2.05. The van der Waals surface area contributed by atoms with Crippen molar-refractivity contribution in [3.63, 3.8) is 0 Å². The number of benzene rings is 1. The predicted molar refractivity (Wildman–Crippen MR) is 55.9 cm³/mol. The van der Waals surface area contributed by atoms with Crippen LogP contribution in [0, 0.1) is 5.82 Å². The highest BCUT2D eigenvalue weighted by atomic mass is 19.1. The minimum absolute atomic E-state index is 0.198. The Balaban J connectivity index is 2.34. The van der Waals surface area contributed by atoms with E-state index in [2.05, 4.69) is 5.32 Å². The molecule has 0 fully saturated rings. The van der Waals surface area contributed by atoms with Crippen LogP contribution in [0.15, 0.2) is 24.3 Å². The molecule has 0 saturated heterocycles. The van der Waals surface area contributed by atoms with Crippen molar-refractivity contribution in [3.8, 4) is 0 Å². The van der Waals surface area contributed by atoms with Gasteiger partial charge in [-0.15, -0.1) is 0 Å². The fourth-order valence-electron chi connectivity index (χ4n) is 1.23. The Morgan fingerprint density at radius 3 is 2.53 bits per heavy atom. The van der Waals surface area contributed by atoms with Crippen molar-refractivity contribution < 1.29 is 13.9 Å². The molecule has 84 valence electrons. The first kappa shape index (κ1) is 12.1. The molecule has 0 unspecified atom stereocenters. The normalized spacial score (nSPS) is 10.9. The van der Waals surface area contributed by atoms with E-state index in [0.717, 1.165) is 0 Å². The Kier molecular flexibility index (Phi) is 5.25. The lowest BCUT2D eigenvalue weighted by atomic mass is 10.2. The van der Waals surface area contributed by atoms with Gasteiger partial charge in [-0.25, -0.2) is 4.39 Å². The minimum Gasteiger partial charge on any atom is -0.355 e. The van der Waals surface area contributed by atoms with Gasteiger partial charge in [0.05, 0.1) is 0 Å². The molecule has 1 N–H and O–H groups in total. The molecule has 1 aromatic rings. The Bertz CT molecular complexity index is 290. The Morgan fingerprint density at radius 1 is 1.27 bits per heavy atom. The fraction of sp³-hybridized carbons (Fsp3) is 0.455. The molecule has 0 amide bonds. The summed E-state index contributed by atoms with van der Waals surface area (Å²) in [7, 11) is 3.14. The zero-order valence-electron chi connectivity index (χ0n) is 9.00. The van der Waals surface area contributed by atoms with Gasteiger partial charge in [0, 0.05) is 32.9 Å². The topological polar surface area (TPSA) is 30.5 Å². The second-order valence-electron chi connectivity index (χ2n) is 3.12. The summed E-state index contributed by atoms with van der Waals surface area (Å²) in [6, 6.07) is 6.67. The quantitative estimate of drug-likeness (QED) is 0.727. The van der Waals surface area contributed by atoms with Gasteiger partial charge in [-0.2, -0.15) is 0 Å². The first-order valence-corrected chi connectivity index (χ1v) is 4.77. The second-order valence-corrected chi connectivity index (χ2v) is 3.12. The molecule has 1 aromatic carbocycles. The molecule has 0 aromatic heterocycles. The summed E-state index contributed by atoms with van der Waals surface area (Å²) in [6.07, 6.45) is -0.295. The zero-order chi connectivity index (χ0) is 11.1. The molecule has 0 aliphatic heterocycles. The number of halogens is 1. The van der Waals surface area contributed by atoms with Crippen LogP contribution in [0.2, 0.25) is 0 Å². The van der Waals surface area contributed by atoms with Crippen molar-refractivity contribution >= 4 is 0 Å². The Hall–Kier alpha value is -0.970. The van der Waals surface area contributed by atoms with E-state index in [4.69, 9.17) is 9.47 Å². The number of rotatable bonds is 6. The van der Waals surface area contributed by atoms with Gasteiger partial charge < -0.3 is 14.8 Å². The number of hydrogen-bond donors (Lipinski definition) is 1. The van der Waals surface area contributed by atoms with Gasteiger partial charge in [0.2, 0.25) is 0 Å². The van der Waals surface area contributed by atoms with E-state index in [0.29, 0.717) is 18.7 Å². The molecule has 0 atom stereocenters. The molecule has 0 spiro atoms. The van der Waals surface area contributed by atoms with Crippen LogP contribution >= 0.6 is 0 Å². The molecule has 3 nitrogen and oxygen atoms in total. The molecule has 0 bridgehead atoms. The third kappa shape index (κ3) is 3.95. The molecular formula is C11H16FNO2. The first-order valence-electron chi connectivity index (χ1n) is 4.77. The van der Waals surface area contributed by atoms with Gasteiger partial charge in [0.25, 0.3) is 0 Å². The molecule has 0 saturated carbocycles. The van der Waals surface area contributed by atoms with E-state index < -0.39 is 0 Å². The lowest BCUT2D eigenvalue weighted by Gasteiger charge is -2.14. The van der Waals surface area contributed by atoms with Crippen LogP contribution in [0.3, 0.4) is 0 Å². The summed E-state index contributed by atoms with van der Waals surface area (Å²) >= 11 is 0. The summed E-state index contributed by atoms with van der Waals surface area (Å²) in [5, 5.41) is 3.05. The van der Waals surface area contributed by atoms with E-state index in [9.17, 15) is 4.39 Å². The van der Waals surface area contributed by atoms with Gasteiger partial charge in [0.1, 0.15) is 5.82 Å². The summed E-state index contributed by atoms with van der Waals surface area (Å²) in [5.74, 6) is -0.198. The van der Waals surface area contributed by atoms with Crippen molar-refractivity contribution in [2.75, 3.05) is 20.8 Å². The summed E-state index contributed by atoms with van der Waals surface area (Å²) in [5.41, 5.74) is 0.642. The molecule has 0 heterocycles. The maximum Gasteiger partial charge on any atom is 0.169 e. The van der Waals surface area contributed by atoms with Gasteiger partial charge in [0.15, 0.2) is 6.29 Å². The third-order valence-corrected chi connectivity index (χ3v) is 2.11. The van der Waals surface area contributed by atoms with Crippen molar-refractivity contribution in [1.82, 2.24) is 5.32 Å². The summed E-state index contributed by atoms with van der Waals surface area (Å²) in [6.45, 7) is 0.997. The molecule has 0 aliphatic rings.